The van der Waals surface area contributed by atoms with E-state index in [0.717, 1.165) is 34.3 Å². The number of hydrogen-bond donors (Lipinski definition) is 0. The molecule has 14 heteroatoms. The Morgan fingerprint density at radius 3 is 2.17 bits per heavy atom. The first-order chi connectivity index (χ1) is 18.7. The second kappa shape index (κ2) is 10.2. The van der Waals surface area contributed by atoms with Crippen LogP contribution in [0.5, 0.6) is 0 Å². The summed E-state index contributed by atoms with van der Waals surface area (Å²) in [7, 11) is 1.72. The quantitative estimate of drug-likeness (QED) is 0.171. The lowest BCUT2D eigenvalue weighted by atomic mass is 10.1. The predicted octanol–water partition coefficient (Wildman–Crippen LogP) is 8.73. The monoisotopic (exact) mass is 614 g/mol. The number of carbonyl (C=O) groups is 1. The number of carbonyl (C=O) groups excluding carboxylic acids is 1. The Labute approximate surface area is 236 Å². The number of rotatable bonds is 3. The maximum atomic E-state index is 13.6. The smallest absolute Gasteiger partial charge is 0.328 e. The summed E-state index contributed by atoms with van der Waals surface area (Å²) < 4.78 is 82.8. The SMILES string of the molecule is Cn1c(C=C2SC(=Nc3ccc(Cl)c(C(F)(F)F)c3)N(c3ccc(Cl)c(C(F)(F)F)c3)C2=O)nc2ccccc21. The first-order valence-electron chi connectivity index (χ1n) is 11.2. The van der Waals surface area contributed by atoms with Gasteiger partial charge in [-0.3, -0.25) is 9.69 Å². The van der Waals surface area contributed by atoms with E-state index in [1.165, 1.54) is 18.2 Å². The second-order valence-electron chi connectivity index (χ2n) is 8.49. The lowest BCUT2D eigenvalue weighted by molar-refractivity contribution is -0.138. The second-order valence-corrected chi connectivity index (χ2v) is 10.3. The number of aliphatic imine (C=N–C) groups is 1. The van der Waals surface area contributed by atoms with Crippen LogP contribution in [0, 0.1) is 0 Å². The summed E-state index contributed by atoms with van der Waals surface area (Å²) in [6.45, 7) is 0. The van der Waals surface area contributed by atoms with Gasteiger partial charge in [0.2, 0.25) is 0 Å². The van der Waals surface area contributed by atoms with Crippen molar-refractivity contribution in [1.82, 2.24) is 9.55 Å². The highest BCUT2D eigenvalue weighted by Crippen LogP contribution is 2.42. The van der Waals surface area contributed by atoms with Gasteiger partial charge >= 0.3 is 12.4 Å². The van der Waals surface area contributed by atoms with Crippen LogP contribution < -0.4 is 4.90 Å². The number of alkyl halides is 6. The molecule has 2 heterocycles. The van der Waals surface area contributed by atoms with E-state index in [9.17, 15) is 31.1 Å². The Kier molecular flexibility index (Phi) is 7.13. The number of nitrogens with zero attached hydrogens (tertiary/aromatic N) is 4. The van der Waals surface area contributed by atoms with Crippen LogP contribution >= 0.6 is 35.0 Å². The average molecular weight is 615 g/mol. The van der Waals surface area contributed by atoms with E-state index in [-0.39, 0.29) is 21.4 Å². The van der Waals surface area contributed by atoms with E-state index < -0.39 is 39.4 Å². The number of amidine groups is 1. The fourth-order valence-electron chi connectivity index (χ4n) is 3.97. The third-order valence-electron chi connectivity index (χ3n) is 5.88. The molecule has 0 unspecified atom stereocenters. The van der Waals surface area contributed by atoms with E-state index in [1.807, 2.05) is 12.1 Å². The van der Waals surface area contributed by atoms with Crippen molar-refractivity contribution in [2.24, 2.45) is 12.0 Å². The molecular formula is C26H14Cl2F6N4OS. The Balaban J connectivity index is 1.66. The zero-order valence-electron chi connectivity index (χ0n) is 20.0. The lowest BCUT2D eigenvalue weighted by Crippen LogP contribution is -2.29. The molecule has 1 aromatic heterocycles. The van der Waals surface area contributed by atoms with Crippen LogP contribution in [0.3, 0.4) is 0 Å². The number of aromatic nitrogens is 2. The fraction of sp³-hybridized carbons (Fsp3) is 0.115. The van der Waals surface area contributed by atoms with Gasteiger partial charge in [-0.1, -0.05) is 35.3 Å². The molecule has 0 N–H and O–H groups in total. The van der Waals surface area contributed by atoms with Crippen molar-refractivity contribution < 1.29 is 31.1 Å². The molecular weight excluding hydrogens is 601 g/mol. The number of anilines is 1. The summed E-state index contributed by atoms with van der Waals surface area (Å²) in [5.74, 6) is -0.382. The van der Waals surface area contributed by atoms with Gasteiger partial charge in [-0.2, -0.15) is 26.3 Å². The molecule has 5 rings (SSSR count). The highest BCUT2D eigenvalue weighted by atomic mass is 35.5. The van der Waals surface area contributed by atoms with E-state index in [1.54, 1.807) is 23.7 Å². The molecule has 1 aliphatic rings. The molecule has 1 aliphatic heterocycles. The number of fused-ring (bicyclic) bond motifs is 1. The van der Waals surface area contributed by atoms with Gasteiger partial charge in [-0.25, -0.2) is 9.98 Å². The minimum atomic E-state index is -4.83. The van der Waals surface area contributed by atoms with E-state index >= 15 is 0 Å². The molecule has 40 heavy (non-hydrogen) atoms. The molecule has 0 radical (unpaired) electrons. The number of hydrogen-bond acceptors (Lipinski definition) is 4. The first-order valence-corrected chi connectivity index (χ1v) is 12.8. The van der Waals surface area contributed by atoms with Crippen LogP contribution in [0.25, 0.3) is 17.1 Å². The number of para-hydroxylation sites is 2. The van der Waals surface area contributed by atoms with E-state index in [0.29, 0.717) is 23.5 Å². The van der Waals surface area contributed by atoms with Crippen molar-refractivity contribution in [2.75, 3.05) is 4.90 Å². The van der Waals surface area contributed by atoms with Crippen LogP contribution in [0.15, 0.2) is 70.6 Å². The standard InChI is InChI=1S/C26H14Cl2F6N4OS/c1-37-20-5-3-2-4-19(20)36-22(37)12-21-23(39)38(14-7-9-18(28)16(11-14)26(32,33)34)24(40-21)35-13-6-8-17(27)15(10-13)25(29,30)31/h2-12H,1H3. The molecule has 0 atom stereocenters. The normalized spacial score (nSPS) is 16.6. The van der Waals surface area contributed by atoms with E-state index in [2.05, 4.69) is 9.98 Å². The first kappa shape index (κ1) is 28.1. The summed E-state index contributed by atoms with van der Waals surface area (Å²) in [6, 6.07) is 12.9. The van der Waals surface area contributed by atoms with Gasteiger partial charge in [-0.05, 0) is 60.3 Å². The number of thioether (sulfide) groups is 1. The van der Waals surface area contributed by atoms with Crippen LogP contribution in [0.4, 0.5) is 37.7 Å². The Bertz CT molecular complexity index is 1730. The molecule has 1 fully saturated rings. The van der Waals surface area contributed by atoms with Gasteiger partial charge in [0.1, 0.15) is 5.82 Å². The highest BCUT2D eigenvalue weighted by molar-refractivity contribution is 8.19. The van der Waals surface area contributed by atoms with Gasteiger partial charge < -0.3 is 4.57 Å². The Morgan fingerprint density at radius 1 is 0.900 bits per heavy atom. The molecule has 0 saturated carbocycles. The van der Waals surface area contributed by atoms with Gasteiger partial charge in [0, 0.05) is 13.1 Å². The third-order valence-corrected chi connectivity index (χ3v) is 7.51. The summed E-state index contributed by atoms with van der Waals surface area (Å²) in [5.41, 5.74) is -1.38. The van der Waals surface area contributed by atoms with Gasteiger partial charge in [0.15, 0.2) is 5.17 Å². The summed E-state index contributed by atoms with van der Waals surface area (Å²) >= 11 is 12.2. The van der Waals surface area contributed by atoms with Gasteiger partial charge in [-0.15, -0.1) is 0 Å². The van der Waals surface area contributed by atoms with Crippen molar-refractivity contribution in [3.63, 3.8) is 0 Å². The minimum Gasteiger partial charge on any atom is -0.328 e. The average Bonchev–Trinajstić information content (AvgIpc) is 3.35. The minimum absolute atomic E-state index is 0.0330. The largest absolute Gasteiger partial charge is 0.417 e. The van der Waals surface area contributed by atoms with Crippen LogP contribution in [-0.4, -0.2) is 20.6 Å². The molecule has 5 nitrogen and oxygen atoms in total. The van der Waals surface area contributed by atoms with Crippen molar-refractivity contribution in [3.8, 4) is 0 Å². The molecule has 0 aliphatic carbocycles. The number of benzene rings is 3. The number of halogens is 8. The zero-order valence-corrected chi connectivity index (χ0v) is 22.3. The number of amides is 1. The number of imidazole rings is 1. The molecule has 1 amide bonds. The number of aryl methyl sites for hydroxylation is 1. The predicted molar refractivity (Wildman–Crippen MR) is 144 cm³/mol. The van der Waals surface area contributed by atoms with Crippen molar-refractivity contribution in [3.05, 3.63) is 92.6 Å². The van der Waals surface area contributed by atoms with Crippen molar-refractivity contribution >= 4 is 74.5 Å². The van der Waals surface area contributed by atoms with Crippen molar-refractivity contribution in [1.29, 1.82) is 0 Å². The fourth-order valence-corrected chi connectivity index (χ4v) is 5.39. The highest BCUT2D eigenvalue weighted by Gasteiger charge is 2.39. The third kappa shape index (κ3) is 5.30. The van der Waals surface area contributed by atoms with Crippen LogP contribution in [0.1, 0.15) is 17.0 Å². The maximum Gasteiger partial charge on any atom is 0.417 e. The topological polar surface area (TPSA) is 50.5 Å². The summed E-state index contributed by atoms with van der Waals surface area (Å²) in [5, 5.41) is -1.32. The maximum absolute atomic E-state index is 13.6. The Morgan fingerprint density at radius 2 is 1.52 bits per heavy atom. The molecule has 206 valence electrons. The van der Waals surface area contributed by atoms with Crippen LogP contribution in [0.2, 0.25) is 10.0 Å². The summed E-state index contributed by atoms with van der Waals surface area (Å²) in [4.78, 5) is 23.2. The summed E-state index contributed by atoms with van der Waals surface area (Å²) in [6.07, 6.45) is -8.18. The molecule has 1 saturated heterocycles. The van der Waals surface area contributed by atoms with Crippen LogP contribution in [-0.2, 0) is 24.2 Å². The Hall–Kier alpha value is -3.48. The lowest BCUT2D eigenvalue weighted by Gasteiger charge is -2.18. The molecule has 4 aromatic rings. The zero-order chi connectivity index (χ0) is 29.0. The van der Waals surface area contributed by atoms with Crippen molar-refractivity contribution in [2.45, 2.75) is 12.4 Å². The molecule has 0 bridgehead atoms. The van der Waals surface area contributed by atoms with E-state index in [4.69, 9.17) is 23.2 Å². The molecule has 0 spiro atoms. The van der Waals surface area contributed by atoms with Gasteiger partial charge in [0.25, 0.3) is 5.91 Å². The molecule has 3 aromatic carbocycles. The van der Waals surface area contributed by atoms with Gasteiger partial charge in [0.05, 0.1) is 48.5 Å².